The van der Waals surface area contributed by atoms with Crippen LogP contribution < -0.4 is 20.4 Å². The lowest BCUT2D eigenvalue weighted by molar-refractivity contribution is 0.355. The molecular formula is C20H34N6S. The highest BCUT2D eigenvalue weighted by Gasteiger charge is 2.25. The fourth-order valence-corrected chi connectivity index (χ4v) is 4.22. The van der Waals surface area contributed by atoms with Gasteiger partial charge in [-0.3, -0.25) is 0 Å². The summed E-state index contributed by atoms with van der Waals surface area (Å²) in [7, 11) is 0. The second-order valence-corrected chi connectivity index (χ2v) is 9.09. The molecule has 2 aliphatic rings. The monoisotopic (exact) mass is 390 g/mol. The number of anilines is 3. The molecule has 0 aromatic carbocycles. The normalized spacial score (nSPS) is 23.0. The Morgan fingerprint density at radius 3 is 2.30 bits per heavy atom. The average molecular weight is 391 g/mol. The first-order valence-electron chi connectivity index (χ1n) is 10.3. The summed E-state index contributed by atoms with van der Waals surface area (Å²) in [6.45, 7) is 14.1. The van der Waals surface area contributed by atoms with E-state index in [4.69, 9.17) is 22.2 Å². The maximum Gasteiger partial charge on any atom is 0.232 e. The Morgan fingerprint density at radius 1 is 1.11 bits per heavy atom. The smallest absolute Gasteiger partial charge is 0.232 e. The van der Waals surface area contributed by atoms with Gasteiger partial charge in [-0.1, -0.05) is 27.7 Å². The SMILES string of the molecule is CC(C)CNC(=S)Nc1nc(N2CCCC2)cc(N2CC(C)CC(C)C2)n1. The molecule has 2 aliphatic heterocycles. The quantitative estimate of drug-likeness (QED) is 0.746. The van der Waals surface area contributed by atoms with Crippen LogP contribution in [0.1, 0.15) is 47.0 Å². The third kappa shape index (κ3) is 5.67. The van der Waals surface area contributed by atoms with Crippen molar-refractivity contribution in [2.75, 3.05) is 47.8 Å². The molecule has 2 fully saturated rings. The van der Waals surface area contributed by atoms with Crippen molar-refractivity contribution in [2.24, 2.45) is 17.8 Å². The second-order valence-electron chi connectivity index (χ2n) is 8.68. The maximum absolute atomic E-state index is 5.44. The molecule has 7 heteroatoms. The summed E-state index contributed by atoms with van der Waals surface area (Å²) in [5.41, 5.74) is 0. The number of hydrogen-bond donors (Lipinski definition) is 2. The third-order valence-electron chi connectivity index (χ3n) is 5.22. The molecule has 150 valence electrons. The molecule has 2 N–H and O–H groups in total. The predicted octanol–water partition coefficient (Wildman–Crippen LogP) is 3.50. The minimum absolute atomic E-state index is 0.536. The van der Waals surface area contributed by atoms with Crippen molar-refractivity contribution in [1.29, 1.82) is 0 Å². The van der Waals surface area contributed by atoms with Gasteiger partial charge in [0.15, 0.2) is 5.11 Å². The zero-order valence-corrected chi connectivity index (χ0v) is 18.0. The highest BCUT2D eigenvalue weighted by molar-refractivity contribution is 7.80. The number of piperidine rings is 1. The van der Waals surface area contributed by atoms with E-state index in [1.54, 1.807) is 0 Å². The molecule has 0 aliphatic carbocycles. The van der Waals surface area contributed by atoms with Gasteiger partial charge in [0.1, 0.15) is 11.6 Å². The van der Waals surface area contributed by atoms with Crippen LogP contribution in [0.25, 0.3) is 0 Å². The van der Waals surface area contributed by atoms with Crippen molar-refractivity contribution < 1.29 is 0 Å². The molecule has 6 nitrogen and oxygen atoms in total. The number of thiocarbonyl (C=S) groups is 1. The first-order chi connectivity index (χ1) is 12.9. The molecule has 27 heavy (non-hydrogen) atoms. The van der Waals surface area contributed by atoms with Gasteiger partial charge in [0.25, 0.3) is 0 Å². The molecule has 0 radical (unpaired) electrons. The van der Waals surface area contributed by atoms with Crippen LogP contribution in [0.2, 0.25) is 0 Å². The van der Waals surface area contributed by atoms with Gasteiger partial charge in [-0.25, -0.2) is 0 Å². The van der Waals surface area contributed by atoms with Crippen LogP contribution >= 0.6 is 12.2 Å². The zero-order valence-electron chi connectivity index (χ0n) is 17.2. The third-order valence-corrected chi connectivity index (χ3v) is 5.46. The van der Waals surface area contributed by atoms with E-state index < -0.39 is 0 Å². The van der Waals surface area contributed by atoms with Crippen LogP contribution in [-0.2, 0) is 0 Å². The lowest BCUT2D eigenvalue weighted by Crippen LogP contribution is -2.39. The van der Waals surface area contributed by atoms with Gasteiger partial charge in [0.05, 0.1) is 0 Å². The number of nitrogens with zero attached hydrogens (tertiary/aromatic N) is 4. The Balaban J connectivity index is 1.81. The molecule has 2 saturated heterocycles. The first kappa shape index (κ1) is 20.1. The Morgan fingerprint density at radius 2 is 1.70 bits per heavy atom. The van der Waals surface area contributed by atoms with Crippen molar-refractivity contribution in [3.63, 3.8) is 0 Å². The summed E-state index contributed by atoms with van der Waals surface area (Å²) in [5, 5.41) is 7.04. The minimum atomic E-state index is 0.536. The van der Waals surface area contributed by atoms with Crippen LogP contribution in [-0.4, -0.2) is 47.8 Å². The Kier molecular flexibility index (Phi) is 6.73. The summed E-state index contributed by atoms with van der Waals surface area (Å²) in [4.78, 5) is 14.4. The van der Waals surface area contributed by atoms with Gasteiger partial charge in [-0.15, -0.1) is 0 Å². The lowest BCUT2D eigenvalue weighted by atomic mass is 9.92. The highest BCUT2D eigenvalue weighted by Crippen LogP contribution is 2.29. The van der Waals surface area contributed by atoms with E-state index in [2.05, 4.69) is 54.2 Å². The maximum atomic E-state index is 5.44. The summed E-state index contributed by atoms with van der Waals surface area (Å²) in [6, 6.07) is 2.16. The standard InChI is InChI=1S/C20H34N6S/c1-14(2)11-21-20(27)24-19-22-17(25-7-5-6-8-25)10-18(23-19)26-12-15(3)9-16(4)13-26/h10,14-16H,5-9,11-13H2,1-4H3,(H2,21,22,23,24,27). The highest BCUT2D eigenvalue weighted by atomic mass is 32.1. The Labute approximate surface area is 169 Å². The fraction of sp³-hybridized carbons (Fsp3) is 0.750. The number of rotatable bonds is 5. The topological polar surface area (TPSA) is 56.3 Å². The first-order valence-corrected chi connectivity index (χ1v) is 10.8. The second kappa shape index (κ2) is 9.04. The molecule has 3 heterocycles. The van der Waals surface area contributed by atoms with Gasteiger partial charge in [0, 0.05) is 38.8 Å². The lowest BCUT2D eigenvalue weighted by Gasteiger charge is -2.36. The zero-order chi connectivity index (χ0) is 19.4. The van der Waals surface area contributed by atoms with E-state index in [9.17, 15) is 0 Å². The summed E-state index contributed by atoms with van der Waals surface area (Å²) < 4.78 is 0. The molecular weight excluding hydrogens is 356 g/mol. The Bertz CT molecular complexity index is 633. The van der Waals surface area contributed by atoms with Gasteiger partial charge in [-0.05, 0) is 49.2 Å². The van der Waals surface area contributed by atoms with Crippen LogP contribution in [0, 0.1) is 17.8 Å². The van der Waals surface area contributed by atoms with Crippen LogP contribution in [0.4, 0.5) is 17.6 Å². The minimum Gasteiger partial charge on any atom is -0.362 e. The molecule has 1 aromatic rings. The molecule has 0 spiro atoms. The van der Waals surface area contributed by atoms with E-state index >= 15 is 0 Å². The molecule has 2 atom stereocenters. The van der Waals surface area contributed by atoms with E-state index in [0.717, 1.165) is 44.4 Å². The largest absolute Gasteiger partial charge is 0.362 e. The van der Waals surface area contributed by atoms with Gasteiger partial charge < -0.3 is 20.4 Å². The van der Waals surface area contributed by atoms with E-state index in [-0.39, 0.29) is 0 Å². The molecule has 3 rings (SSSR count). The summed E-state index contributed by atoms with van der Waals surface area (Å²) >= 11 is 5.44. The Hall–Kier alpha value is -1.63. The van der Waals surface area contributed by atoms with Gasteiger partial charge >= 0.3 is 0 Å². The molecule has 2 unspecified atom stereocenters. The van der Waals surface area contributed by atoms with Crippen molar-refractivity contribution in [2.45, 2.75) is 47.0 Å². The summed E-state index contributed by atoms with van der Waals surface area (Å²) in [5.74, 6) is 4.53. The van der Waals surface area contributed by atoms with E-state index in [0.29, 0.717) is 28.8 Å². The summed E-state index contributed by atoms with van der Waals surface area (Å²) in [6.07, 6.45) is 3.75. The molecule has 0 amide bonds. The average Bonchev–Trinajstić information content (AvgIpc) is 3.13. The van der Waals surface area contributed by atoms with Gasteiger partial charge in [0.2, 0.25) is 5.95 Å². The van der Waals surface area contributed by atoms with Crippen molar-refractivity contribution in [1.82, 2.24) is 15.3 Å². The number of hydrogen-bond acceptors (Lipinski definition) is 5. The molecule has 1 aromatic heterocycles. The number of nitrogens with one attached hydrogen (secondary N) is 2. The predicted molar refractivity (Wildman–Crippen MR) is 118 cm³/mol. The molecule has 0 saturated carbocycles. The van der Waals surface area contributed by atoms with Crippen molar-refractivity contribution in [3.8, 4) is 0 Å². The van der Waals surface area contributed by atoms with Crippen molar-refractivity contribution in [3.05, 3.63) is 6.07 Å². The van der Waals surface area contributed by atoms with Crippen molar-refractivity contribution >= 4 is 34.9 Å². The van der Waals surface area contributed by atoms with Crippen LogP contribution in [0.15, 0.2) is 6.07 Å². The van der Waals surface area contributed by atoms with E-state index in [1.807, 2.05) is 0 Å². The van der Waals surface area contributed by atoms with E-state index in [1.165, 1.54) is 19.3 Å². The van der Waals surface area contributed by atoms with Crippen LogP contribution in [0.5, 0.6) is 0 Å². The number of aromatic nitrogens is 2. The molecule has 0 bridgehead atoms. The van der Waals surface area contributed by atoms with Gasteiger partial charge in [-0.2, -0.15) is 9.97 Å². The fourth-order valence-electron chi connectivity index (χ4n) is 4.04. The van der Waals surface area contributed by atoms with Crippen LogP contribution in [0.3, 0.4) is 0 Å².